The molecular weight excluding hydrogens is 403 g/mol. The molecule has 13 heteroatoms. The van der Waals surface area contributed by atoms with Crippen LogP contribution in [0.2, 0.25) is 0 Å². The lowest BCUT2D eigenvalue weighted by molar-refractivity contribution is -0.174. The first-order chi connectivity index (χ1) is 14.4. The van der Waals surface area contributed by atoms with Crippen LogP contribution in [-0.2, 0) is 17.7 Å². The maximum atomic E-state index is 12.3. The number of nitrogens with zero attached hydrogens (tertiary/aromatic N) is 6. The Labute approximate surface area is 170 Å². The lowest BCUT2D eigenvalue weighted by atomic mass is 10.3. The van der Waals surface area contributed by atoms with E-state index in [2.05, 4.69) is 35.7 Å². The number of aromatic nitrogens is 6. The normalized spacial score (nSPS) is 11.8. The lowest BCUT2D eigenvalue weighted by Crippen LogP contribution is -2.19. The van der Waals surface area contributed by atoms with Gasteiger partial charge >= 0.3 is 6.18 Å². The second-order valence-electron chi connectivity index (χ2n) is 6.22. The summed E-state index contributed by atoms with van der Waals surface area (Å²) in [6.07, 6.45) is -0.852. The number of hydrogen-bond donors (Lipinski definition) is 3. The highest BCUT2D eigenvalue weighted by Crippen LogP contribution is 2.27. The first-order valence-electron chi connectivity index (χ1n) is 9.30. The second kappa shape index (κ2) is 9.63. The van der Waals surface area contributed by atoms with Crippen molar-refractivity contribution in [2.24, 2.45) is 5.73 Å². The fraction of sp³-hybridized carbons (Fsp3) is 0.471. The van der Waals surface area contributed by atoms with Gasteiger partial charge in [-0.05, 0) is 12.5 Å². The average molecular weight is 425 g/mol. The number of nitrogens with one attached hydrogen (secondary N) is 2. The number of ether oxygens (including phenoxy) is 1. The predicted octanol–water partition coefficient (Wildman–Crippen LogP) is 1.87. The Morgan fingerprint density at radius 2 is 2.10 bits per heavy atom. The molecule has 3 rings (SSSR count). The van der Waals surface area contributed by atoms with E-state index in [1.54, 1.807) is 16.9 Å². The van der Waals surface area contributed by atoms with Gasteiger partial charge < -0.3 is 21.1 Å². The Balaban J connectivity index is 1.97. The monoisotopic (exact) mass is 425 g/mol. The fourth-order valence-electron chi connectivity index (χ4n) is 2.72. The molecule has 0 bridgehead atoms. The van der Waals surface area contributed by atoms with Gasteiger partial charge in [-0.2, -0.15) is 23.3 Å². The van der Waals surface area contributed by atoms with Crippen molar-refractivity contribution in [3.63, 3.8) is 0 Å². The summed E-state index contributed by atoms with van der Waals surface area (Å²) >= 11 is 0. The van der Waals surface area contributed by atoms with Crippen molar-refractivity contribution in [2.75, 3.05) is 36.9 Å². The quantitative estimate of drug-likeness (QED) is 0.417. The van der Waals surface area contributed by atoms with Crippen molar-refractivity contribution < 1.29 is 17.9 Å². The van der Waals surface area contributed by atoms with Crippen molar-refractivity contribution in [3.05, 3.63) is 24.3 Å². The third kappa shape index (κ3) is 5.51. The van der Waals surface area contributed by atoms with Crippen molar-refractivity contribution in [2.45, 2.75) is 26.1 Å². The number of aryl methyl sites for hydroxylation is 1. The van der Waals surface area contributed by atoms with Crippen LogP contribution in [0.25, 0.3) is 11.0 Å². The Morgan fingerprint density at radius 1 is 1.27 bits per heavy atom. The number of rotatable bonds is 10. The molecule has 0 aliphatic heterocycles. The molecule has 0 spiro atoms. The van der Waals surface area contributed by atoms with Crippen molar-refractivity contribution >= 4 is 28.6 Å². The molecule has 0 radical (unpaired) electrons. The van der Waals surface area contributed by atoms with E-state index in [-0.39, 0.29) is 13.2 Å². The molecule has 3 aromatic rings. The van der Waals surface area contributed by atoms with Gasteiger partial charge in [0.15, 0.2) is 5.82 Å². The van der Waals surface area contributed by atoms with E-state index in [0.717, 1.165) is 0 Å². The summed E-state index contributed by atoms with van der Waals surface area (Å²) in [5.41, 5.74) is 7.36. The van der Waals surface area contributed by atoms with E-state index in [9.17, 15) is 13.2 Å². The summed E-state index contributed by atoms with van der Waals surface area (Å²) in [6.45, 7) is 1.40. The maximum Gasteiger partial charge on any atom is 0.411 e. The van der Waals surface area contributed by atoms with Gasteiger partial charge in [-0.3, -0.25) is 4.68 Å². The molecule has 0 amide bonds. The average Bonchev–Trinajstić information content (AvgIpc) is 3.08. The van der Waals surface area contributed by atoms with Gasteiger partial charge in [0.05, 0.1) is 18.8 Å². The van der Waals surface area contributed by atoms with Crippen LogP contribution < -0.4 is 16.4 Å². The summed E-state index contributed by atoms with van der Waals surface area (Å²) in [5.74, 6) is 1.25. The maximum absolute atomic E-state index is 12.3. The van der Waals surface area contributed by atoms with E-state index in [0.29, 0.717) is 53.8 Å². The smallest absolute Gasteiger partial charge is 0.370 e. The zero-order chi connectivity index (χ0) is 21.6. The van der Waals surface area contributed by atoms with Crippen LogP contribution in [0.1, 0.15) is 12.6 Å². The van der Waals surface area contributed by atoms with Crippen LogP contribution >= 0.6 is 0 Å². The van der Waals surface area contributed by atoms with Gasteiger partial charge in [0.1, 0.15) is 29.8 Å². The van der Waals surface area contributed by atoms with E-state index >= 15 is 0 Å². The molecule has 10 nitrogen and oxygen atoms in total. The number of nitrogens with two attached hydrogens (primary N) is 1. The zero-order valence-corrected chi connectivity index (χ0v) is 16.3. The van der Waals surface area contributed by atoms with Gasteiger partial charge in [-0.15, -0.1) is 0 Å². The summed E-state index contributed by atoms with van der Waals surface area (Å²) in [6, 6.07) is 1.66. The first kappa shape index (κ1) is 21.6. The number of anilines is 3. The lowest BCUT2D eigenvalue weighted by Gasteiger charge is -2.12. The molecule has 0 saturated heterocycles. The third-order valence-corrected chi connectivity index (χ3v) is 3.96. The highest BCUT2D eigenvalue weighted by atomic mass is 19.4. The Morgan fingerprint density at radius 3 is 2.77 bits per heavy atom. The Kier molecular flexibility index (Phi) is 6.95. The number of alkyl halides is 3. The van der Waals surface area contributed by atoms with Gasteiger partial charge in [0.25, 0.3) is 0 Å². The van der Waals surface area contributed by atoms with Crippen molar-refractivity contribution in [1.29, 1.82) is 0 Å². The van der Waals surface area contributed by atoms with Crippen LogP contribution in [0.4, 0.5) is 30.8 Å². The van der Waals surface area contributed by atoms with Crippen molar-refractivity contribution in [1.82, 2.24) is 29.7 Å². The highest BCUT2D eigenvalue weighted by molar-refractivity contribution is 5.90. The minimum Gasteiger partial charge on any atom is -0.370 e. The van der Waals surface area contributed by atoms with E-state index in [1.165, 1.54) is 6.33 Å². The number of halogens is 3. The topological polar surface area (TPSA) is 129 Å². The molecule has 0 atom stereocenters. The number of hydrogen-bond acceptors (Lipinski definition) is 9. The first-order valence-corrected chi connectivity index (χ1v) is 9.30. The summed E-state index contributed by atoms with van der Waals surface area (Å²) in [4.78, 5) is 17.0. The molecule has 4 N–H and O–H groups in total. The van der Waals surface area contributed by atoms with E-state index < -0.39 is 12.8 Å². The molecule has 0 aliphatic rings. The molecule has 0 unspecified atom stereocenters. The van der Waals surface area contributed by atoms with Crippen LogP contribution in [0.15, 0.2) is 18.6 Å². The fourth-order valence-corrected chi connectivity index (χ4v) is 2.72. The molecule has 0 aromatic carbocycles. The van der Waals surface area contributed by atoms with Crippen LogP contribution in [0, 0.1) is 0 Å². The summed E-state index contributed by atoms with van der Waals surface area (Å²) in [5, 5.41) is 10.6. The molecular formula is C17H22F3N9O. The van der Waals surface area contributed by atoms with Crippen LogP contribution in [0.3, 0.4) is 0 Å². The minimum atomic E-state index is -4.38. The standard InChI is InChI=1S/C17H22F3N9O/c1-2-11-13-14(29(28-11)7-8-30-9-17(18,19)20)15(25-12-3-5-22-10-24-12)27-16(26-13)23-6-4-21/h3,5,10H,2,4,6-9,21H2,1H3,(H2,22,23,24,25,26,27). The largest absolute Gasteiger partial charge is 0.411 e. The van der Waals surface area contributed by atoms with Crippen molar-refractivity contribution in [3.8, 4) is 0 Å². The second-order valence-corrected chi connectivity index (χ2v) is 6.22. The Hall–Kier alpha value is -3.06. The van der Waals surface area contributed by atoms with Gasteiger partial charge in [0, 0.05) is 19.3 Å². The SMILES string of the molecule is CCc1nn(CCOCC(F)(F)F)c2c(Nc3ccncn3)nc(NCCN)nc12. The van der Waals surface area contributed by atoms with Gasteiger partial charge in [-0.1, -0.05) is 6.92 Å². The highest BCUT2D eigenvalue weighted by Gasteiger charge is 2.27. The predicted molar refractivity (Wildman–Crippen MR) is 104 cm³/mol. The van der Waals surface area contributed by atoms with Crippen LogP contribution in [-0.4, -0.2) is 62.2 Å². The molecule has 0 saturated carbocycles. The van der Waals surface area contributed by atoms with Gasteiger partial charge in [0.2, 0.25) is 5.95 Å². The van der Waals surface area contributed by atoms with Crippen LogP contribution in [0.5, 0.6) is 0 Å². The zero-order valence-electron chi connectivity index (χ0n) is 16.3. The number of fused-ring (bicyclic) bond motifs is 1. The summed E-state index contributed by atoms with van der Waals surface area (Å²) in [7, 11) is 0. The van der Waals surface area contributed by atoms with E-state index in [1.807, 2.05) is 6.92 Å². The molecule has 3 aromatic heterocycles. The molecule has 0 aliphatic carbocycles. The molecule has 0 fully saturated rings. The summed E-state index contributed by atoms with van der Waals surface area (Å²) < 4.78 is 43.3. The molecule has 3 heterocycles. The Bertz CT molecular complexity index is 963. The third-order valence-electron chi connectivity index (χ3n) is 3.96. The molecule has 30 heavy (non-hydrogen) atoms. The minimum absolute atomic E-state index is 0.101. The van der Waals surface area contributed by atoms with E-state index in [4.69, 9.17) is 10.5 Å². The molecule has 162 valence electrons. The van der Waals surface area contributed by atoms with Gasteiger partial charge in [-0.25, -0.2) is 15.0 Å².